The van der Waals surface area contributed by atoms with Crippen LogP contribution in [0.1, 0.15) is 49.0 Å². The molecule has 0 radical (unpaired) electrons. The molecule has 3 aromatic heterocycles. The first kappa shape index (κ1) is 17.6. The molecule has 1 aliphatic heterocycles. The highest BCUT2D eigenvalue weighted by Gasteiger charge is 2.28. The van der Waals surface area contributed by atoms with Gasteiger partial charge in [-0.25, -0.2) is 4.98 Å². The molecule has 0 spiro atoms. The van der Waals surface area contributed by atoms with Crippen LogP contribution in [0.4, 0.5) is 0 Å². The molecule has 1 saturated heterocycles. The van der Waals surface area contributed by atoms with Crippen molar-refractivity contribution in [1.82, 2.24) is 24.6 Å². The van der Waals surface area contributed by atoms with Crippen molar-refractivity contribution in [3.05, 3.63) is 48.3 Å². The number of nitrogens with one attached hydrogen (secondary N) is 1. The van der Waals surface area contributed by atoms with Gasteiger partial charge in [0.05, 0.1) is 12.3 Å². The van der Waals surface area contributed by atoms with Gasteiger partial charge in [0.15, 0.2) is 11.6 Å². The van der Waals surface area contributed by atoms with E-state index < -0.39 is 0 Å². The highest BCUT2D eigenvalue weighted by atomic mass is 16.3. The number of rotatable bonds is 5. The lowest BCUT2D eigenvalue weighted by Gasteiger charge is -2.33. The van der Waals surface area contributed by atoms with Crippen molar-refractivity contribution in [1.29, 1.82) is 0 Å². The Morgan fingerprint density at radius 1 is 1.44 bits per heavy atom. The summed E-state index contributed by atoms with van der Waals surface area (Å²) in [5.41, 5.74) is 1.97. The van der Waals surface area contributed by atoms with Crippen molar-refractivity contribution >= 4 is 5.91 Å². The molecule has 1 fully saturated rings. The SMILES string of the molecule is CC(C)Cc1cc(-c2nccn2[C@H]2CCCN(C(=O)c3ccco3)C2)n[nH]1. The van der Waals surface area contributed by atoms with Gasteiger partial charge in [-0.2, -0.15) is 5.10 Å². The topological polar surface area (TPSA) is 79.9 Å². The fraction of sp³-hybridized carbons (Fsp3) is 0.450. The second-order valence-corrected chi connectivity index (χ2v) is 7.56. The van der Waals surface area contributed by atoms with Gasteiger partial charge in [-0.15, -0.1) is 0 Å². The van der Waals surface area contributed by atoms with Crippen LogP contribution in [0.2, 0.25) is 0 Å². The van der Waals surface area contributed by atoms with Crippen LogP contribution in [0.5, 0.6) is 0 Å². The number of piperidine rings is 1. The molecular formula is C20H25N5O2. The summed E-state index contributed by atoms with van der Waals surface area (Å²) in [5.74, 6) is 1.76. The van der Waals surface area contributed by atoms with E-state index in [2.05, 4.69) is 39.7 Å². The zero-order chi connectivity index (χ0) is 18.8. The average molecular weight is 367 g/mol. The van der Waals surface area contributed by atoms with Gasteiger partial charge in [0.25, 0.3) is 5.91 Å². The molecule has 1 atom stereocenters. The molecule has 3 aromatic rings. The summed E-state index contributed by atoms with van der Waals surface area (Å²) >= 11 is 0. The maximum absolute atomic E-state index is 12.6. The lowest BCUT2D eigenvalue weighted by Crippen LogP contribution is -2.40. The van der Waals surface area contributed by atoms with Crippen molar-refractivity contribution in [2.75, 3.05) is 13.1 Å². The second-order valence-electron chi connectivity index (χ2n) is 7.56. The van der Waals surface area contributed by atoms with Crippen molar-refractivity contribution in [3.63, 3.8) is 0 Å². The van der Waals surface area contributed by atoms with Crippen LogP contribution in [0.25, 0.3) is 11.5 Å². The monoisotopic (exact) mass is 367 g/mol. The Balaban J connectivity index is 1.53. The van der Waals surface area contributed by atoms with E-state index in [1.165, 1.54) is 6.26 Å². The summed E-state index contributed by atoms with van der Waals surface area (Å²) in [6.07, 6.45) is 8.25. The summed E-state index contributed by atoms with van der Waals surface area (Å²) in [6.45, 7) is 5.77. The predicted molar refractivity (Wildman–Crippen MR) is 101 cm³/mol. The maximum atomic E-state index is 12.6. The fourth-order valence-corrected chi connectivity index (χ4v) is 3.75. The Labute approximate surface area is 158 Å². The standard InChI is InChI=1S/C20H25N5O2/c1-14(2)11-15-12-17(23-22-15)19-21-7-9-25(19)16-5-3-8-24(13-16)20(26)18-6-4-10-27-18/h4,6-7,9-10,12,14,16H,3,5,8,11,13H2,1-2H3,(H,22,23)/t16-/m0/s1. The van der Waals surface area contributed by atoms with E-state index in [1.54, 1.807) is 18.3 Å². The number of H-pyrrole nitrogens is 1. The molecule has 0 unspecified atom stereocenters. The normalized spacial score (nSPS) is 17.6. The quantitative estimate of drug-likeness (QED) is 0.748. The van der Waals surface area contributed by atoms with Crippen LogP contribution in [-0.4, -0.2) is 43.6 Å². The zero-order valence-electron chi connectivity index (χ0n) is 15.8. The molecule has 4 heterocycles. The molecule has 4 rings (SSSR count). The second kappa shape index (κ2) is 7.42. The Hall–Kier alpha value is -2.83. The molecule has 1 amide bonds. The largest absolute Gasteiger partial charge is 0.459 e. The number of hydrogen-bond acceptors (Lipinski definition) is 4. The van der Waals surface area contributed by atoms with E-state index in [4.69, 9.17) is 4.42 Å². The molecule has 142 valence electrons. The Morgan fingerprint density at radius 3 is 3.11 bits per heavy atom. The van der Waals surface area contributed by atoms with Crippen molar-refractivity contribution in [2.45, 2.75) is 39.2 Å². The number of aromatic amines is 1. The number of aromatic nitrogens is 4. The predicted octanol–water partition coefficient (Wildman–Crippen LogP) is 3.54. The molecule has 0 saturated carbocycles. The van der Waals surface area contributed by atoms with Gasteiger partial charge in [0, 0.05) is 31.2 Å². The van der Waals surface area contributed by atoms with Gasteiger partial charge in [-0.1, -0.05) is 13.8 Å². The number of amides is 1. The number of furan rings is 1. The van der Waals surface area contributed by atoms with E-state index in [0.29, 0.717) is 18.2 Å². The number of likely N-dealkylation sites (tertiary alicyclic amines) is 1. The Morgan fingerprint density at radius 2 is 2.33 bits per heavy atom. The summed E-state index contributed by atoms with van der Waals surface area (Å²) in [6, 6.07) is 5.72. The van der Waals surface area contributed by atoms with Gasteiger partial charge < -0.3 is 13.9 Å². The van der Waals surface area contributed by atoms with Gasteiger partial charge in [-0.05, 0) is 43.4 Å². The first-order chi connectivity index (χ1) is 13.1. The van der Waals surface area contributed by atoms with Crippen LogP contribution in [0.3, 0.4) is 0 Å². The Bertz CT molecular complexity index is 893. The van der Waals surface area contributed by atoms with E-state index in [0.717, 1.165) is 43.0 Å². The van der Waals surface area contributed by atoms with Crippen LogP contribution in [0.15, 0.2) is 41.3 Å². The number of hydrogen-bond donors (Lipinski definition) is 1. The highest BCUT2D eigenvalue weighted by Crippen LogP contribution is 2.28. The molecular weight excluding hydrogens is 342 g/mol. The van der Waals surface area contributed by atoms with Gasteiger partial charge in [0.2, 0.25) is 0 Å². The lowest BCUT2D eigenvalue weighted by atomic mass is 10.0. The minimum Gasteiger partial charge on any atom is -0.459 e. The highest BCUT2D eigenvalue weighted by molar-refractivity contribution is 5.91. The number of nitrogens with zero attached hydrogens (tertiary/aromatic N) is 4. The molecule has 7 heteroatoms. The van der Waals surface area contributed by atoms with Crippen LogP contribution in [0, 0.1) is 5.92 Å². The molecule has 0 bridgehead atoms. The minimum atomic E-state index is -0.0506. The number of carbonyl (C=O) groups is 1. The third-order valence-corrected chi connectivity index (χ3v) is 4.97. The van der Waals surface area contributed by atoms with Crippen molar-refractivity contribution in [3.8, 4) is 11.5 Å². The molecule has 7 nitrogen and oxygen atoms in total. The zero-order valence-corrected chi connectivity index (χ0v) is 15.8. The number of imidazole rings is 1. The van der Waals surface area contributed by atoms with Crippen molar-refractivity contribution < 1.29 is 9.21 Å². The van der Waals surface area contributed by atoms with Gasteiger partial charge in [-0.3, -0.25) is 9.89 Å². The molecule has 1 aliphatic rings. The van der Waals surface area contributed by atoms with E-state index in [-0.39, 0.29) is 11.9 Å². The molecule has 1 N–H and O–H groups in total. The van der Waals surface area contributed by atoms with Gasteiger partial charge in [0.1, 0.15) is 5.69 Å². The van der Waals surface area contributed by atoms with E-state index >= 15 is 0 Å². The third-order valence-electron chi connectivity index (χ3n) is 4.97. The molecule has 0 aliphatic carbocycles. The summed E-state index contributed by atoms with van der Waals surface area (Å²) in [5, 5.41) is 7.58. The number of carbonyl (C=O) groups excluding carboxylic acids is 1. The Kier molecular flexibility index (Phi) is 4.83. The van der Waals surface area contributed by atoms with Crippen LogP contribution < -0.4 is 0 Å². The minimum absolute atomic E-state index is 0.0506. The van der Waals surface area contributed by atoms with E-state index in [1.807, 2.05) is 11.1 Å². The van der Waals surface area contributed by atoms with Crippen molar-refractivity contribution in [2.24, 2.45) is 5.92 Å². The lowest BCUT2D eigenvalue weighted by molar-refractivity contribution is 0.0648. The summed E-state index contributed by atoms with van der Waals surface area (Å²) in [4.78, 5) is 19.0. The molecule has 27 heavy (non-hydrogen) atoms. The third kappa shape index (κ3) is 3.67. The summed E-state index contributed by atoms with van der Waals surface area (Å²) < 4.78 is 7.43. The average Bonchev–Trinajstić information content (AvgIpc) is 3.41. The van der Waals surface area contributed by atoms with E-state index in [9.17, 15) is 4.79 Å². The first-order valence-corrected chi connectivity index (χ1v) is 9.52. The van der Waals surface area contributed by atoms with Gasteiger partial charge >= 0.3 is 0 Å². The van der Waals surface area contributed by atoms with Crippen LogP contribution >= 0.6 is 0 Å². The summed E-state index contributed by atoms with van der Waals surface area (Å²) in [7, 11) is 0. The first-order valence-electron chi connectivity index (χ1n) is 9.52. The molecule has 0 aromatic carbocycles. The smallest absolute Gasteiger partial charge is 0.289 e. The van der Waals surface area contributed by atoms with Crippen LogP contribution in [-0.2, 0) is 6.42 Å². The maximum Gasteiger partial charge on any atom is 0.289 e. The fourth-order valence-electron chi connectivity index (χ4n) is 3.75.